The first-order valence-corrected chi connectivity index (χ1v) is 8.39. The molecule has 1 rings (SSSR count). The van der Waals surface area contributed by atoms with Crippen molar-refractivity contribution >= 4 is 11.9 Å². The van der Waals surface area contributed by atoms with E-state index in [1.807, 2.05) is 13.8 Å². The van der Waals surface area contributed by atoms with Gasteiger partial charge in [-0.1, -0.05) is 13.8 Å². The van der Waals surface area contributed by atoms with E-state index in [1.54, 1.807) is 0 Å². The SMILES string of the molecule is CC(C)COC(=O)/C=C/C(=O)OCCCCCN1CCOCC1. The van der Waals surface area contributed by atoms with Crippen LogP contribution in [0.25, 0.3) is 0 Å². The molecule has 6 nitrogen and oxygen atoms in total. The van der Waals surface area contributed by atoms with Crippen LogP contribution in [0, 0.1) is 5.92 Å². The van der Waals surface area contributed by atoms with Gasteiger partial charge >= 0.3 is 11.9 Å². The van der Waals surface area contributed by atoms with Crippen molar-refractivity contribution in [2.45, 2.75) is 33.1 Å². The van der Waals surface area contributed by atoms with Crippen molar-refractivity contribution in [2.75, 3.05) is 46.1 Å². The first kappa shape index (κ1) is 19.6. The second-order valence-electron chi connectivity index (χ2n) is 6.04. The third-order valence-electron chi connectivity index (χ3n) is 3.38. The molecule has 0 atom stereocenters. The summed E-state index contributed by atoms with van der Waals surface area (Å²) in [6, 6.07) is 0. The van der Waals surface area contributed by atoms with Gasteiger partial charge in [-0.2, -0.15) is 0 Å². The van der Waals surface area contributed by atoms with Gasteiger partial charge in [0.05, 0.1) is 26.4 Å². The molecule has 0 bridgehead atoms. The van der Waals surface area contributed by atoms with Gasteiger partial charge in [0.25, 0.3) is 0 Å². The van der Waals surface area contributed by atoms with Crippen molar-refractivity contribution < 1.29 is 23.8 Å². The standard InChI is InChI=1S/C17H29NO5/c1-15(2)14-23-17(20)7-6-16(19)22-11-5-3-4-8-18-9-12-21-13-10-18/h6-7,15H,3-5,8-14H2,1-2H3/b7-6+. The van der Waals surface area contributed by atoms with E-state index < -0.39 is 11.9 Å². The minimum absolute atomic E-state index is 0.275. The van der Waals surface area contributed by atoms with Crippen molar-refractivity contribution in [3.05, 3.63) is 12.2 Å². The minimum atomic E-state index is -0.513. The molecule has 0 saturated carbocycles. The molecular weight excluding hydrogens is 298 g/mol. The molecule has 0 amide bonds. The Kier molecular flexibility index (Phi) is 10.3. The van der Waals surface area contributed by atoms with E-state index in [0.717, 1.165) is 64.3 Å². The molecule has 1 aliphatic heterocycles. The number of hydrogen-bond donors (Lipinski definition) is 0. The number of rotatable bonds is 10. The smallest absolute Gasteiger partial charge is 0.331 e. The van der Waals surface area contributed by atoms with Gasteiger partial charge in [0.2, 0.25) is 0 Å². The number of unbranched alkanes of at least 4 members (excludes halogenated alkanes) is 2. The summed E-state index contributed by atoms with van der Waals surface area (Å²) in [6.07, 6.45) is 5.18. The zero-order valence-corrected chi connectivity index (χ0v) is 14.3. The Bertz CT molecular complexity index is 375. The minimum Gasteiger partial charge on any atom is -0.463 e. The summed E-state index contributed by atoms with van der Waals surface area (Å²) in [5.74, 6) is -0.738. The summed E-state index contributed by atoms with van der Waals surface area (Å²) in [7, 11) is 0. The molecule has 1 fully saturated rings. The van der Waals surface area contributed by atoms with Crippen LogP contribution in [0.1, 0.15) is 33.1 Å². The van der Waals surface area contributed by atoms with Gasteiger partial charge in [-0.25, -0.2) is 9.59 Å². The van der Waals surface area contributed by atoms with E-state index in [0.29, 0.717) is 13.2 Å². The summed E-state index contributed by atoms with van der Waals surface area (Å²) in [5, 5.41) is 0. The molecule has 0 unspecified atom stereocenters. The molecule has 1 saturated heterocycles. The molecule has 0 aromatic rings. The number of ether oxygens (including phenoxy) is 3. The Morgan fingerprint density at radius 3 is 2.35 bits per heavy atom. The first-order chi connectivity index (χ1) is 11.1. The lowest BCUT2D eigenvalue weighted by atomic mass is 10.2. The Morgan fingerprint density at radius 2 is 1.70 bits per heavy atom. The highest BCUT2D eigenvalue weighted by atomic mass is 16.5. The fourth-order valence-electron chi connectivity index (χ4n) is 2.09. The topological polar surface area (TPSA) is 65.1 Å². The average molecular weight is 327 g/mol. The molecule has 132 valence electrons. The number of morpholine rings is 1. The summed E-state index contributed by atoms with van der Waals surface area (Å²) < 4.78 is 15.3. The van der Waals surface area contributed by atoms with Gasteiger partial charge in [0, 0.05) is 25.2 Å². The largest absolute Gasteiger partial charge is 0.463 e. The predicted octanol–water partition coefficient (Wildman–Crippen LogP) is 1.79. The van der Waals surface area contributed by atoms with Gasteiger partial charge in [-0.05, 0) is 31.7 Å². The molecule has 0 aromatic carbocycles. The third kappa shape index (κ3) is 10.9. The molecular formula is C17H29NO5. The van der Waals surface area contributed by atoms with Crippen molar-refractivity contribution in [1.82, 2.24) is 4.90 Å². The summed E-state index contributed by atoms with van der Waals surface area (Å²) in [4.78, 5) is 25.1. The van der Waals surface area contributed by atoms with E-state index in [-0.39, 0.29) is 5.92 Å². The van der Waals surface area contributed by atoms with E-state index in [2.05, 4.69) is 4.90 Å². The Hall–Kier alpha value is -1.40. The van der Waals surface area contributed by atoms with Crippen LogP contribution in [0.15, 0.2) is 12.2 Å². The molecule has 6 heteroatoms. The third-order valence-corrected chi connectivity index (χ3v) is 3.38. The van der Waals surface area contributed by atoms with Gasteiger partial charge in [-0.15, -0.1) is 0 Å². The van der Waals surface area contributed by atoms with Gasteiger partial charge in [0.15, 0.2) is 0 Å². The summed E-state index contributed by atoms with van der Waals surface area (Å²) >= 11 is 0. The lowest BCUT2D eigenvalue weighted by Crippen LogP contribution is -2.36. The van der Waals surface area contributed by atoms with Crippen LogP contribution in [-0.2, 0) is 23.8 Å². The van der Waals surface area contributed by atoms with Crippen LogP contribution in [0.3, 0.4) is 0 Å². The fourth-order valence-corrected chi connectivity index (χ4v) is 2.09. The molecule has 1 heterocycles. The number of nitrogens with zero attached hydrogens (tertiary/aromatic N) is 1. The van der Waals surface area contributed by atoms with Crippen molar-refractivity contribution in [3.8, 4) is 0 Å². The maximum Gasteiger partial charge on any atom is 0.331 e. The number of esters is 2. The van der Waals surface area contributed by atoms with Crippen LogP contribution in [0.2, 0.25) is 0 Å². The Labute approximate surface area is 138 Å². The number of carbonyl (C=O) groups is 2. The highest BCUT2D eigenvalue weighted by Gasteiger charge is 2.09. The van der Waals surface area contributed by atoms with Gasteiger partial charge in [0.1, 0.15) is 0 Å². The zero-order valence-electron chi connectivity index (χ0n) is 14.3. The van der Waals surface area contributed by atoms with E-state index in [4.69, 9.17) is 14.2 Å². The summed E-state index contributed by atoms with van der Waals surface area (Å²) in [6.45, 7) is 9.36. The Balaban J connectivity index is 1.97. The Morgan fingerprint density at radius 1 is 1.04 bits per heavy atom. The summed E-state index contributed by atoms with van der Waals surface area (Å²) in [5.41, 5.74) is 0. The molecule has 0 spiro atoms. The van der Waals surface area contributed by atoms with Crippen LogP contribution in [0.4, 0.5) is 0 Å². The van der Waals surface area contributed by atoms with E-state index in [9.17, 15) is 9.59 Å². The van der Waals surface area contributed by atoms with Crippen molar-refractivity contribution in [1.29, 1.82) is 0 Å². The molecule has 1 aliphatic rings. The molecule has 0 aliphatic carbocycles. The van der Waals surface area contributed by atoms with Gasteiger partial charge < -0.3 is 14.2 Å². The second-order valence-corrected chi connectivity index (χ2v) is 6.04. The maximum atomic E-state index is 11.4. The molecule has 0 radical (unpaired) electrons. The molecule has 23 heavy (non-hydrogen) atoms. The normalized spacial score (nSPS) is 16.0. The van der Waals surface area contributed by atoms with E-state index >= 15 is 0 Å². The van der Waals surface area contributed by atoms with Crippen LogP contribution in [0.5, 0.6) is 0 Å². The zero-order chi connectivity index (χ0) is 16.9. The second kappa shape index (κ2) is 12.1. The van der Waals surface area contributed by atoms with Crippen LogP contribution >= 0.6 is 0 Å². The fraction of sp³-hybridized carbons (Fsp3) is 0.765. The van der Waals surface area contributed by atoms with Crippen molar-refractivity contribution in [3.63, 3.8) is 0 Å². The number of carbonyl (C=O) groups excluding carboxylic acids is 2. The van der Waals surface area contributed by atoms with Crippen LogP contribution in [-0.4, -0.2) is 62.9 Å². The molecule has 0 N–H and O–H groups in total. The monoisotopic (exact) mass is 327 g/mol. The predicted molar refractivity (Wildman–Crippen MR) is 87.0 cm³/mol. The lowest BCUT2D eigenvalue weighted by Gasteiger charge is -2.26. The quantitative estimate of drug-likeness (QED) is 0.346. The number of hydrogen-bond acceptors (Lipinski definition) is 6. The lowest BCUT2D eigenvalue weighted by molar-refractivity contribution is -0.141. The highest BCUT2D eigenvalue weighted by molar-refractivity contribution is 5.91. The van der Waals surface area contributed by atoms with E-state index in [1.165, 1.54) is 0 Å². The maximum absolute atomic E-state index is 11.4. The first-order valence-electron chi connectivity index (χ1n) is 8.39. The average Bonchev–Trinajstić information content (AvgIpc) is 2.55. The van der Waals surface area contributed by atoms with Gasteiger partial charge in [-0.3, -0.25) is 4.90 Å². The molecule has 0 aromatic heterocycles. The van der Waals surface area contributed by atoms with Crippen molar-refractivity contribution in [2.24, 2.45) is 5.92 Å². The van der Waals surface area contributed by atoms with Crippen LogP contribution < -0.4 is 0 Å². The highest BCUT2D eigenvalue weighted by Crippen LogP contribution is 2.02.